The van der Waals surface area contributed by atoms with Crippen LogP contribution in [0.25, 0.3) is 0 Å². The number of H-pyrrole nitrogens is 1. The summed E-state index contributed by atoms with van der Waals surface area (Å²) >= 11 is 7.14. The van der Waals surface area contributed by atoms with E-state index in [1.54, 1.807) is 13.8 Å². The van der Waals surface area contributed by atoms with Gasteiger partial charge >= 0.3 is 5.97 Å². The van der Waals surface area contributed by atoms with Gasteiger partial charge in [-0.1, -0.05) is 29.9 Å². The number of nitrogens with one attached hydrogen (secondary N) is 3. The molecule has 3 rings (SSSR count). The van der Waals surface area contributed by atoms with Gasteiger partial charge in [0.1, 0.15) is 4.88 Å². The molecule has 0 bridgehead atoms. The van der Waals surface area contributed by atoms with Crippen molar-refractivity contribution in [3.8, 4) is 0 Å². The molecule has 2 aromatic rings. The summed E-state index contributed by atoms with van der Waals surface area (Å²) in [4.78, 5) is 51.6. The van der Waals surface area contributed by atoms with Gasteiger partial charge in [0.2, 0.25) is 0 Å². The number of hydrogen-bond donors (Lipinski definition) is 4. The first-order chi connectivity index (χ1) is 17.7. The largest absolute Gasteiger partial charge is 0.462 e. The van der Waals surface area contributed by atoms with Gasteiger partial charge in [-0.2, -0.15) is 0 Å². The Bertz CT molecular complexity index is 1110. The van der Waals surface area contributed by atoms with Gasteiger partial charge in [0, 0.05) is 25.7 Å². The molecule has 0 aromatic carbocycles. The Morgan fingerprint density at radius 1 is 1.24 bits per heavy atom. The van der Waals surface area contributed by atoms with Crippen molar-refractivity contribution in [2.75, 3.05) is 37.8 Å². The minimum Gasteiger partial charge on any atom is -0.462 e. The average molecular weight is 557 g/mol. The van der Waals surface area contributed by atoms with E-state index in [4.69, 9.17) is 21.1 Å². The lowest BCUT2D eigenvalue weighted by Crippen LogP contribution is -2.55. The highest BCUT2D eigenvalue weighted by Crippen LogP contribution is 2.30. The summed E-state index contributed by atoms with van der Waals surface area (Å²) in [5.74, 6) is -1.44. The Kier molecular flexibility index (Phi) is 10.3. The second kappa shape index (κ2) is 13.2. The molecule has 0 saturated carbocycles. The van der Waals surface area contributed by atoms with Crippen LogP contribution >= 0.6 is 22.9 Å². The number of aryl methyl sites for hydroxylation is 1. The zero-order valence-electron chi connectivity index (χ0n) is 21.3. The molecule has 0 aliphatic carbocycles. The number of aromatic amines is 1. The molecule has 12 nitrogen and oxygen atoms in total. The van der Waals surface area contributed by atoms with Gasteiger partial charge in [0.05, 0.1) is 31.1 Å². The first-order valence-corrected chi connectivity index (χ1v) is 13.4. The number of thiazole rings is 1. The number of amides is 2. The van der Waals surface area contributed by atoms with E-state index in [0.29, 0.717) is 43.4 Å². The molecule has 4 N–H and O–H groups in total. The number of aromatic nitrogens is 3. The van der Waals surface area contributed by atoms with Gasteiger partial charge in [-0.15, -0.1) is 0 Å². The van der Waals surface area contributed by atoms with Crippen LogP contribution in [0.1, 0.15) is 70.6 Å². The highest BCUT2D eigenvalue weighted by molar-refractivity contribution is 7.17. The molecule has 2 amide bonds. The van der Waals surface area contributed by atoms with Gasteiger partial charge < -0.3 is 35.1 Å². The Morgan fingerprint density at radius 3 is 2.62 bits per heavy atom. The van der Waals surface area contributed by atoms with Crippen LogP contribution in [0, 0.1) is 0 Å². The molecule has 1 unspecified atom stereocenters. The monoisotopic (exact) mass is 556 g/mol. The molecule has 1 aliphatic rings. The lowest BCUT2D eigenvalue weighted by Gasteiger charge is -2.38. The molecule has 1 fully saturated rings. The SMILES string of the molecule is CCOC(=O)c1sc(N2CC[C@H](NC(=O)c3nc(Cl)c(CC)[nH]3)[C@H](OCC)C2)nc1C(=O)NC(C)CO. The van der Waals surface area contributed by atoms with Crippen LogP contribution in [-0.2, 0) is 15.9 Å². The van der Waals surface area contributed by atoms with E-state index in [1.165, 1.54) is 0 Å². The third-order valence-corrected chi connectivity index (χ3v) is 7.18. The summed E-state index contributed by atoms with van der Waals surface area (Å²) in [5.41, 5.74) is 0.640. The van der Waals surface area contributed by atoms with Crippen molar-refractivity contribution in [3.63, 3.8) is 0 Å². The molecular weight excluding hydrogens is 524 g/mol. The predicted octanol–water partition coefficient (Wildman–Crippen LogP) is 1.78. The number of imidazole rings is 1. The third kappa shape index (κ3) is 6.98. The van der Waals surface area contributed by atoms with Gasteiger partial charge in [-0.05, 0) is 33.6 Å². The lowest BCUT2D eigenvalue weighted by molar-refractivity contribution is 0.0271. The summed E-state index contributed by atoms with van der Waals surface area (Å²) in [5, 5.41) is 15.6. The standard InChI is InChI=1S/C23H33ClN6O6S/c1-5-13-18(24)29-19(26-13)21(33)27-14-8-9-30(10-15(14)35-6-2)23-28-16(20(32)25-12(4)11-31)17(37-23)22(34)36-7-3/h12,14-15,31H,5-11H2,1-4H3,(H,25,32)(H,26,29)(H,27,33)/t12?,14-,15+/m0/s1. The van der Waals surface area contributed by atoms with Gasteiger partial charge in [-0.25, -0.2) is 14.8 Å². The number of piperidine rings is 1. The quantitative estimate of drug-likeness (QED) is 0.303. The number of carbonyl (C=O) groups excluding carboxylic acids is 3. The minimum atomic E-state index is -0.639. The van der Waals surface area contributed by atoms with Crippen molar-refractivity contribution in [2.45, 2.75) is 58.7 Å². The molecule has 204 valence electrons. The van der Waals surface area contributed by atoms with Crippen molar-refractivity contribution in [1.82, 2.24) is 25.6 Å². The van der Waals surface area contributed by atoms with Crippen molar-refractivity contribution in [1.29, 1.82) is 0 Å². The second-order valence-electron chi connectivity index (χ2n) is 8.47. The third-order valence-electron chi connectivity index (χ3n) is 5.77. The molecule has 1 aliphatic heterocycles. The van der Waals surface area contributed by atoms with Crippen LogP contribution in [0.3, 0.4) is 0 Å². The summed E-state index contributed by atoms with van der Waals surface area (Å²) in [6, 6.07) is -0.804. The molecule has 0 spiro atoms. The van der Waals surface area contributed by atoms with Crippen LogP contribution < -0.4 is 15.5 Å². The fraction of sp³-hybridized carbons (Fsp3) is 0.609. The van der Waals surface area contributed by atoms with Crippen LogP contribution in [0.15, 0.2) is 0 Å². The highest BCUT2D eigenvalue weighted by Gasteiger charge is 2.35. The summed E-state index contributed by atoms with van der Waals surface area (Å²) in [6.45, 7) is 8.30. The zero-order chi connectivity index (χ0) is 27.1. The Morgan fingerprint density at radius 2 is 2.00 bits per heavy atom. The number of rotatable bonds is 11. The first-order valence-electron chi connectivity index (χ1n) is 12.2. The maximum atomic E-state index is 12.8. The number of hydrogen-bond acceptors (Lipinski definition) is 10. The molecule has 0 radical (unpaired) electrons. The van der Waals surface area contributed by atoms with Crippen LogP contribution in [0.5, 0.6) is 0 Å². The van der Waals surface area contributed by atoms with Crippen molar-refractivity contribution >= 4 is 45.9 Å². The van der Waals surface area contributed by atoms with E-state index in [2.05, 4.69) is 25.6 Å². The Balaban J connectivity index is 1.78. The number of carbonyl (C=O) groups is 3. The summed E-state index contributed by atoms with van der Waals surface area (Å²) in [7, 11) is 0. The van der Waals surface area contributed by atoms with Crippen LogP contribution in [0.2, 0.25) is 5.15 Å². The first kappa shape index (κ1) is 28.8. The van der Waals surface area contributed by atoms with Gasteiger partial charge in [0.15, 0.2) is 21.8 Å². The fourth-order valence-corrected chi connectivity index (χ4v) is 5.13. The maximum absolute atomic E-state index is 12.8. The average Bonchev–Trinajstić information content (AvgIpc) is 3.49. The van der Waals surface area contributed by atoms with Crippen molar-refractivity contribution in [3.05, 3.63) is 27.2 Å². The van der Waals surface area contributed by atoms with E-state index >= 15 is 0 Å². The van der Waals surface area contributed by atoms with Crippen molar-refractivity contribution < 1.29 is 29.0 Å². The number of anilines is 1. The normalized spacial score (nSPS) is 18.4. The van der Waals surface area contributed by atoms with Crippen LogP contribution in [-0.4, -0.2) is 88.9 Å². The predicted molar refractivity (Wildman–Crippen MR) is 139 cm³/mol. The summed E-state index contributed by atoms with van der Waals surface area (Å²) in [6.07, 6.45) is 0.781. The molecule has 1 saturated heterocycles. The molecule has 3 heterocycles. The van der Waals surface area contributed by atoms with E-state index in [1.807, 2.05) is 18.7 Å². The smallest absolute Gasteiger partial charge is 0.350 e. The lowest BCUT2D eigenvalue weighted by atomic mass is 10.0. The molecule has 14 heteroatoms. The van der Waals surface area contributed by atoms with Gasteiger partial charge in [-0.3, -0.25) is 9.59 Å². The number of aliphatic hydroxyl groups excluding tert-OH is 1. The maximum Gasteiger partial charge on any atom is 0.350 e. The second-order valence-corrected chi connectivity index (χ2v) is 9.80. The molecular formula is C23H33ClN6O6S. The number of aliphatic hydroxyl groups is 1. The number of ether oxygens (including phenoxy) is 2. The molecule has 37 heavy (non-hydrogen) atoms. The van der Waals surface area contributed by atoms with E-state index in [0.717, 1.165) is 11.3 Å². The molecule has 3 atom stereocenters. The van der Waals surface area contributed by atoms with E-state index < -0.39 is 17.9 Å². The minimum absolute atomic E-state index is 0.0523. The van der Waals surface area contributed by atoms with E-state index in [-0.39, 0.29) is 52.8 Å². The highest BCUT2D eigenvalue weighted by atomic mass is 35.5. The van der Waals surface area contributed by atoms with E-state index in [9.17, 15) is 19.5 Å². The zero-order valence-corrected chi connectivity index (χ0v) is 22.9. The van der Waals surface area contributed by atoms with Crippen molar-refractivity contribution in [2.24, 2.45) is 0 Å². The molecule has 2 aromatic heterocycles. The Hall–Kier alpha value is -2.74. The number of halogens is 1. The number of esters is 1. The topological polar surface area (TPSA) is 159 Å². The summed E-state index contributed by atoms with van der Waals surface area (Å²) < 4.78 is 11.1. The van der Waals surface area contributed by atoms with Crippen LogP contribution in [0.4, 0.5) is 5.13 Å². The van der Waals surface area contributed by atoms with Gasteiger partial charge in [0.25, 0.3) is 11.8 Å². The number of nitrogens with zero attached hydrogens (tertiary/aromatic N) is 3. The fourth-order valence-electron chi connectivity index (χ4n) is 3.88. The Labute approximate surface area is 224 Å².